The Morgan fingerprint density at radius 3 is 2.34 bits per heavy atom. The van der Waals surface area contributed by atoms with E-state index in [1.165, 1.54) is 0 Å². The summed E-state index contributed by atoms with van der Waals surface area (Å²) in [5.41, 5.74) is 7.40. The highest BCUT2D eigenvalue weighted by Crippen LogP contribution is 2.16. The first-order chi connectivity index (χ1) is 14.2. The van der Waals surface area contributed by atoms with Crippen LogP contribution < -0.4 is 15.5 Å². The zero-order valence-electron chi connectivity index (χ0n) is 17.0. The zero-order chi connectivity index (χ0) is 20.1. The van der Waals surface area contributed by atoms with Crippen LogP contribution in [0.1, 0.15) is 5.56 Å². The minimum atomic E-state index is 0.567. The van der Waals surface area contributed by atoms with Gasteiger partial charge in [0, 0.05) is 70.9 Å². The number of aromatic nitrogens is 3. The molecule has 0 unspecified atom stereocenters. The topological polar surface area (TPSA) is 90.0 Å². The number of hydrogen-bond donors (Lipinski definition) is 1. The Kier molecular flexibility index (Phi) is 6.04. The number of likely N-dealkylation sites (N-methyl/N-ethyl adjacent to an activating group) is 1. The van der Waals surface area contributed by atoms with Crippen LogP contribution >= 0.6 is 0 Å². The minimum absolute atomic E-state index is 0.567. The molecule has 0 radical (unpaired) electrons. The SMILES string of the molecule is CN1CCN(c2cc(CN=C(N)N3CCN(c4ncccn4)CC3)ccn2)CC1. The van der Waals surface area contributed by atoms with E-state index < -0.39 is 0 Å². The monoisotopic (exact) mass is 395 g/mol. The molecule has 2 saturated heterocycles. The fourth-order valence-electron chi connectivity index (χ4n) is 3.63. The van der Waals surface area contributed by atoms with Gasteiger partial charge in [0.15, 0.2) is 5.96 Å². The van der Waals surface area contributed by atoms with Crippen molar-refractivity contribution in [3.05, 3.63) is 42.4 Å². The maximum Gasteiger partial charge on any atom is 0.225 e. The van der Waals surface area contributed by atoms with Crippen molar-refractivity contribution in [2.45, 2.75) is 6.54 Å². The summed E-state index contributed by atoms with van der Waals surface area (Å²) in [6, 6.07) is 5.98. The summed E-state index contributed by atoms with van der Waals surface area (Å²) in [6.45, 7) is 8.02. The summed E-state index contributed by atoms with van der Waals surface area (Å²) < 4.78 is 0. The number of rotatable bonds is 4. The zero-order valence-corrected chi connectivity index (χ0v) is 17.0. The lowest BCUT2D eigenvalue weighted by molar-refractivity contribution is 0.312. The third kappa shape index (κ3) is 4.92. The number of hydrogen-bond acceptors (Lipinski definition) is 7. The van der Waals surface area contributed by atoms with Crippen molar-refractivity contribution >= 4 is 17.7 Å². The van der Waals surface area contributed by atoms with Crippen LogP contribution in [0, 0.1) is 0 Å². The Morgan fingerprint density at radius 1 is 0.931 bits per heavy atom. The first-order valence-corrected chi connectivity index (χ1v) is 10.1. The van der Waals surface area contributed by atoms with E-state index in [2.05, 4.69) is 52.7 Å². The Morgan fingerprint density at radius 2 is 1.62 bits per heavy atom. The van der Waals surface area contributed by atoms with E-state index in [4.69, 9.17) is 5.73 Å². The van der Waals surface area contributed by atoms with E-state index in [1.807, 2.05) is 18.3 Å². The lowest BCUT2D eigenvalue weighted by Gasteiger charge is -2.35. The predicted molar refractivity (Wildman–Crippen MR) is 115 cm³/mol. The second kappa shape index (κ2) is 9.04. The normalized spacial score (nSPS) is 18.9. The van der Waals surface area contributed by atoms with Crippen LogP contribution in [0.5, 0.6) is 0 Å². The fourth-order valence-corrected chi connectivity index (χ4v) is 3.63. The molecule has 2 aromatic rings. The average molecular weight is 396 g/mol. The van der Waals surface area contributed by atoms with Gasteiger partial charge in [0.2, 0.25) is 5.95 Å². The van der Waals surface area contributed by atoms with Crippen molar-refractivity contribution in [3.8, 4) is 0 Å². The quantitative estimate of drug-likeness (QED) is 0.582. The Balaban J connectivity index is 1.32. The van der Waals surface area contributed by atoms with Gasteiger partial charge in [-0.2, -0.15) is 0 Å². The third-order valence-electron chi connectivity index (χ3n) is 5.50. The largest absolute Gasteiger partial charge is 0.370 e. The van der Waals surface area contributed by atoms with Crippen LogP contribution in [-0.4, -0.2) is 90.1 Å². The Hall–Kier alpha value is -2.94. The smallest absolute Gasteiger partial charge is 0.225 e. The molecule has 154 valence electrons. The van der Waals surface area contributed by atoms with E-state index >= 15 is 0 Å². The molecule has 2 N–H and O–H groups in total. The summed E-state index contributed by atoms with van der Waals surface area (Å²) in [7, 11) is 2.16. The van der Waals surface area contributed by atoms with Gasteiger partial charge in [0.25, 0.3) is 0 Å². The highest BCUT2D eigenvalue weighted by atomic mass is 15.4. The van der Waals surface area contributed by atoms with Crippen molar-refractivity contribution in [2.24, 2.45) is 10.7 Å². The maximum atomic E-state index is 6.27. The summed E-state index contributed by atoms with van der Waals surface area (Å²) in [5, 5.41) is 0. The van der Waals surface area contributed by atoms with Gasteiger partial charge < -0.3 is 25.3 Å². The van der Waals surface area contributed by atoms with Crippen LogP contribution in [0.3, 0.4) is 0 Å². The van der Waals surface area contributed by atoms with Crippen LogP contribution in [0.15, 0.2) is 41.8 Å². The maximum absolute atomic E-state index is 6.27. The van der Waals surface area contributed by atoms with Crippen LogP contribution in [0.4, 0.5) is 11.8 Å². The second-order valence-electron chi connectivity index (χ2n) is 7.51. The molecule has 2 fully saturated rings. The van der Waals surface area contributed by atoms with Crippen LogP contribution in [0.25, 0.3) is 0 Å². The van der Waals surface area contributed by atoms with E-state index in [-0.39, 0.29) is 0 Å². The number of guanidine groups is 1. The summed E-state index contributed by atoms with van der Waals surface area (Å²) >= 11 is 0. The number of pyridine rings is 1. The molecule has 9 nitrogen and oxygen atoms in total. The van der Waals surface area contributed by atoms with E-state index in [0.29, 0.717) is 12.5 Å². The van der Waals surface area contributed by atoms with Gasteiger partial charge in [0.05, 0.1) is 6.54 Å². The Labute approximate surface area is 171 Å². The lowest BCUT2D eigenvalue weighted by atomic mass is 10.2. The molecule has 0 atom stereocenters. The predicted octanol–water partition coefficient (Wildman–Crippen LogP) is 0.260. The molecule has 2 aliphatic rings. The molecular formula is C20H29N9. The van der Waals surface area contributed by atoms with Crippen LogP contribution in [-0.2, 0) is 6.54 Å². The molecular weight excluding hydrogens is 366 g/mol. The van der Waals surface area contributed by atoms with Crippen molar-refractivity contribution in [2.75, 3.05) is 69.2 Å². The first kappa shape index (κ1) is 19.4. The van der Waals surface area contributed by atoms with Crippen LogP contribution in [0.2, 0.25) is 0 Å². The van der Waals surface area contributed by atoms with Crippen molar-refractivity contribution in [1.82, 2.24) is 24.8 Å². The van der Waals surface area contributed by atoms with E-state index in [9.17, 15) is 0 Å². The molecule has 2 aromatic heterocycles. The molecule has 0 bridgehead atoms. The van der Waals surface area contributed by atoms with E-state index in [0.717, 1.165) is 69.7 Å². The van der Waals surface area contributed by atoms with Gasteiger partial charge in [-0.05, 0) is 30.8 Å². The second-order valence-corrected chi connectivity index (χ2v) is 7.51. The molecule has 0 amide bonds. The summed E-state index contributed by atoms with van der Waals surface area (Å²) in [5.74, 6) is 2.40. The fraction of sp³-hybridized carbons (Fsp3) is 0.500. The number of nitrogens with zero attached hydrogens (tertiary/aromatic N) is 8. The van der Waals surface area contributed by atoms with Gasteiger partial charge in [-0.3, -0.25) is 0 Å². The number of anilines is 2. The van der Waals surface area contributed by atoms with E-state index in [1.54, 1.807) is 12.4 Å². The van der Waals surface area contributed by atoms with Gasteiger partial charge in [-0.1, -0.05) is 0 Å². The molecule has 2 aliphatic heterocycles. The molecule has 4 heterocycles. The minimum Gasteiger partial charge on any atom is -0.370 e. The highest BCUT2D eigenvalue weighted by Gasteiger charge is 2.20. The molecule has 0 spiro atoms. The average Bonchev–Trinajstić information content (AvgIpc) is 2.79. The van der Waals surface area contributed by atoms with Crippen molar-refractivity contribution < 1.29 is 0 Å². The standard InChI is InChI=1S/C20H29N9/c1-26-7-9-27(10-8-26)18-15-17(3-6-22-18)16-25-19(21)28-11-13-29(14-12-28)20-23-4-2-5-24-20/h2-6,15H,7-14,16H2,1H3,(H2,21,25). The van der Waals surface area contributed by atoms with Gasteiger partial charge in [-0.25, -0.2) is 19.9 Å². The number of aliphatic imine (C=N–C) groups is 1. The number of piperazine rings is 2. The van der Waals surface area contributed by atoms with Crippen molar-refractivity contribution in [3.63, 3.8) is 0 Å². The molecule has 4 rings (SSSR count). The molecule has 0 aromatic carbocycles. The Bertz CT molecular complexity index is 810. The van der Waals surface area contributed by atoms with Crippen molar-refractivity contribution in [1.29, 1.82) is 0 Å². The molecule has 0 aliphatic carbocycles. The number of nitrogens with two attached hydrogens (primary N) is 1. The summed E-state index contributed by atoms with van der Waals surface area (Å²) in [4.78, 5) is 26.8. The summed E-state index contributed by atoms with van der Waals surface area (Å²) in [6.07, 6.45) is 5.42. The third-order valence-corrected chi connectivity index (χ3v) is 5.50. The highest BCUT2D eigenvalue weighted by molar-refractivity contribution is 5.78. The van der Waals surface area contributed by atoms with Gasteiger partial charge >= 0.3 is 0 Å². The first-order valence-electron chi connectivity index (χ1n) is 10.1. The molecule has 29 heavy (non-hydrogen) atoms. The van der Waals surface area contributed by atoms with Gasteiger partial charge in [0.1, 0.15) is 5.82 Å². The lowest BCUT2D eigenvalue weighted by Crippen LogP contribution is -2.51. The van der Waals surface area contributed by atoms with Gasteiger partial charge in [-0.15, -0.1) is 0 Å². The molecule has 0 saturated carbocycles. The molecule has 9 heteroatoms.